The van der Waals surface area contributed by atoms with E-state index in [2.05, 4.69) is 15.0 Å². The second kappa shape index (κ2) is 9.01. The summed E-state index contributed by atoms with van der Waals surface area (Å²) >= 11 is 6.13. The van der Waals surface area contributed by atoms with E-state index in [1.54, 1.807) is 6.20 Å². The van der Waals surface area contributed by atoms with Crippen LogP contribution in [0.3, 0.4) is 0 Å². The highest BCUT2D eigenvalue weighted by atomic mass is 35.5. The van der Waals surface area contributed by atoms with Gasteiger partial charge in [-0.2, -0.15) is 5.10 Å². The number of carbonyl (C=O) groups is 1. The Morgan fingerprint density at radius 3 is 2.56 bits per heavy atom. The number of nitrogens with zero attached hydrogens (tertiary/aromatic N) is 3. The number of nitrogens with one attached hydrogen (secondary N) is 1. The molecule has 0 aliphatic heterocycles. The Labute approximate surface area is 191 Å². The maximum Gasteiger partial charge on any atom is 0.276 e. The molecule has 0 aliphatic carbocycles. The molecule has 32 heavy (non-hydrogen) atoms. The minimum absolute atomic E-state index is 0.135. The number of amides is 1. The lowest BCUT2D eigenvalue weighted by Gasteiger charge is -2.14. The first-order chi connectivity index (χ1) is 15.3. The number of aromatic nitrogens is 3. The van der Waals surface area contributed by atoms with E-state index in [1.807, 2.05) is 75.4 Å². The molecule has 7 heteroatoms. The summed E-state index contributed by atoms with van der Waals surface area (Å²) in [6.07, 6.45) is 1.67. The van der Waals surface area contributed by atoms with E-state index in [4.69, 9.17) is 11.6 Å². The fourth-order valence-corrected chi connectivity index (χ4v) is 4.27. The molecule has 4 aromatic rings. The van der Waals surface area contributed by atoms with Crippen molar-refractivity contribution >= 4 is 28.3 Å². The van der Waals surface area contributed by atoms with Crippen molar-refractivity contribution in [2.24, 2.45) is 0 Å². The van der Waals surface area contributed by atoms with Gasteiger partial charge in [0.25, 0.3) is 5.56 Å². The largest absolute Gasteiger partial charge is 0.348 e. The standard InChI is InChI=1S/C25H25ClN4O2/c1-16(20-9-5-4-6-10-20)28-23(31)15-30-25(32)24-18(3)29(17(2)22(24)13-27-30)14-19-8-7-11-21(26)12-19/h4-13,16H,14-15H2,1-3H3,(H,28,31)/t16-/m1/s1. The number of rotatable bonds is 6. The van der Waals surface area contributed by atoms with E-state index >= 15 is 0 Å². The van der Waals surface area contributed by atoms with Crippen molar-refractivity contribution in [1.29, 1.82) is 0 Å². The fraction of sp³-hybridized carbons (Fsp3) is 0.240. The van der Waals surface area contributed by atoms with Crippen molar-refractivity contribution < 1.29 is 4.79 Å². The molecule has 0 radical (unpaired) electrons. The van der Waals surface area contributed by atoms with Gasteiger partial charge in [-0.05, 0) is 44.0 Å². The zero-order chi connectivity index (χ0) is 22.8. The van der Waals surface area contributed by atoms with Crippen LogP contribution in [0.5, 0.6) is 0 Å². The molecule has 2 aromatic heterocycles. The van der Waals surface area contributed by atoms with Gasteiger partial charge in [0, 0.05) is 28.3 Å². The molecule has 0 spiro atoms. The van der Waals surface area contributed by atoms with Gasteiger partial charge in [0.1, 0.15) is 6.54 Å². The molecule has 0 bridgehead atoms. The van der Waals surface area contributed by atoms with Gasteiger partial charge in [0.15, 0.2) is 0 Å². The minimum atomic E-state index is -0.268. The SMILES string of the molecule is Cc1c2cnn(CC(=O)N[C@H](C)c3ccccc3)c(=O)c2c(C)n1Cc1cccc(Cl)c1. The van der Waals surface area contributed by atoms with E-state index in [0.29, 0.717) is 17.0 Å². The molecule has 4 rings (SSSR count). The molecule has 2 heterocycles. The number of carbonyl (C=O) groups excluding carboxylic acids is 1. The summed E-state index contributed by atoms with van der Waals surface area (Å²) in [6, 6.07) is 17.2. The average molecular weight is 449 g/mol. The first kappa shape index (κ1) is 21.8. The number of benzene rings is 2. The molecule has 0 unspecified atom stereocenters. The summed E-state index contributed by atoms with van der Waals surface area (Å²) in [5, 5.41) is 9.26. The van der Waals surface area contributed by atoms with E-state index in [9.17, 15) is 9.59 Å². The third-order valence-corrected chi connectivity index (χ3v) is 6.04. The summed E-state index contributed by atoms with van der Waals surface area (Å²) in [6.45, 7) is 6.27. The topological polar surface area (TPSA) is 68.9 Å². The molecule has 1 amide bonds. The van der Waals surface area contributed by atoms with Gasteiger partial charge >= 0.3 is 0 Å². The van der Waals surface area contributed by atoms with Gasteiger partial charge < -0.3 is 9.88 Å². The Morgan fingerprint density at radius 1 is 1.09 bits per heavy atom. The lowest BCUT2D eigenvalue weighted by Crippen LogP contribution is -2.35. The highest BCUT2D eigenvalue weighted by Crippen LogP contribution is 2.23. The van der Waals surface area contributed by atoms with E-state index in [0.717, 1.165) is 27.9 Å². The summed E-state index contributed by atoms with van der Waals surface area (Å²) < 4.78 is 3.31. The lowest BCUT2D eigenvalue weighted by molar-refractivity contribution is -0.122. The average Bonchev–Trinajstić information content (AvgIpc) is 3.01. The highest BCUT2D eigenvalue weighted by Gasteiger charge is 2.18. The van der Waals surface area contributed by atoms with E-state index in [1.165, 1.54) is 4.68 Å². The molecule has 0 aliphatic rings. The number of hydrogen-bond acceptors (Lipinski definition) is 3. The van der Waals surface area contributed by atoms with Crippen LogP contribution in [0.15, 0.2) is 65.6 Å². The Morgan fingerprint density at radius 2 is 1.84 bits per heavy atom. The summed E-state index contributed by atoms with van der Waals surface area (Å²) in [5.41, 5.74) is 3.58. The van der Waals surface area contributed by atoms with Gasteiger partial charge in [-0.15, -0.1) is 0 Å². The normalized spacial score (nSPS) is 12.1. The van der Waals surface area contributed by atoms with Crippen LogP contribution in [0, 0.1) is 13.8 Å². The Kier molecular flexibility index (Phi) is 6.15. The zero-order valence-electron chi connectivity index (χ0n) is 18.3. The zero-order valence-corrected chi connectivity index (χ0v) is 19.1. The predicted molar refractivity (Wildman–Crippen MR) is 127 cm³/mol. The molecule has 6 nitrogen and oxygen atoms in total. The molecule has 2 aromatic carbocycles. The number of fused-ring (bicyclic) bond motifs is 1. The third kappa shape index (κ3) is 4.32. The second-order valence-corrected chi connectivity index (χ2v) is 8.42. The molecule has 164 valence electrons. The van der Waals surface area contributed by atoms with Gasteiger partial charge in [-0.1, -0.05) is 54.1 Å². The van der Waals surface area contributed by atoms with E-state index < -0.39 is 0 Å². The molecule has 1 N–H and O–H groups in total. The van der Waals surface area contributed by atoms with Gasteiger partial charge in [-0.25, -0.2) is 4.68 Å². The van der Waals surface area contributed by atoms with Crippen LogP contribution in [0.2, 0.25) is 5.02 Å². The summed E-state index contributed by atoms with van der Waals surface area (Å²) in [5.74, 6) is -0.261. The molecule has 0 saturated heterocycles. The van der Waals surface area contributed by atoms with Crippen LogP contribution in [0.4, 0.5) is 0 Å². The van der Waals surface area contributed by atoms with Crippen LogP contribution in [0.1, 0.15) is 35.5 Å². The van der Waals surface area contributed by atoms with Crippen LogP contribution in [0.25, 0.3) is 10.8 Å². The smallest absolute Gasteiger partial charge is 0.276 e. The van der Waals surface area contributed by atoms with Crippen molar-refractivity contribution in [2.45, 2.75) is 39.9 Å². The monoisotopic (exact) mass is 448 g/mol. The third-order valence-electron chi connectivity index (χ3n) is 5.81. The predicted octanol–water partition coefficient (Wildman–Crippen LogP) is 4.39. The molecule has 0 fully saturated rings. The van der Waals surface area contributed by atoms with Crippen LogP contribution < -0.4 is 10.9 Å². The maximum atomic E-state index is 13.2. The number of hydrogen-bond donors (Lipinski definition) is 1. The number of aryl methyl sites for hydroxylation is 2. The van der Waals surface area contributed by atoms with Crippen molar-refractivity contribution in [2.75, 3.05) is 0 Å². The van der Waals surface area contributed by atoms with Gasteiger partial charge in [0.2, 0.25) is 5.91 Å². The minimum Gasteiger partial charge on any atom is -0.348 e. The van der Waals surface area contributed by atoms with Crippen LogP contribution >= 0.6 is 11.6 Å². The second-order valence-electron chi connectivity index (χ2n) is 7.98. The first-order valence-electron chi connectivity index (χ1n) is 10.5. The van der Waals surface area contributed by atoms with Gasteiger partial charge in [0.05, 0.1) is 17.6 Å². The molecular formula is C25H25ClN4O2. The lowest BCUT2D eigenvalue weighted by atomic mass is 10.1. The number of halogens is 1. The van der Waals surface area contributed by atoms with Crippen LogP contribution in [-0.2, 0) is 17.9 Å². The van der Waals surface area contributed by atoms with Crippen molar-refractivity contribution in [1.82, 2.24) is 19.7 Å². The molecular weight excluding hydrogens is 424 g/mol. The van der Waals surface area contributed by atoms with Crippen molar-refractivity contribution in [3.8, 4) is 0 Å². The maximum absolute atomic E-state index is 13.2. The Bertz CT molecular complexity index is 1340. The van der Waals surface area contributed by atoms with Gasteiger partial charge in [-0.3, -0.25) is 9.59 Å². The Balaban J connectivity index is 1.60. The molecule has 1 atom stereocenters. The molecule has 0 saturated carbocycles. The summed E-state index contributed by atoms with van der Waals surface area (Å²) in [7, 11) is 0. The summed E-state index contributed by atoms with van der Waals surface area (Å²) in [4.78, 5) is 25.8. The quantitative estimate of drug-likeness (QED) is 0.475. The first-order valence-corrected chi connectivity index (χ1v) is 10.9. The fourth-order valence-electron chi connectivity index (χ4n) is 4.06. The van der Waals surface area contributed by atoms with Crippen LogP contribution in [-0.4, -0.2) is 20.3 Å². The highest BCUT2D eigenvalue weighted by molar-refractivity contribution is 6.30. The van der Waals surface area contributed by atoms with Crippen molar-refractivity contribution in [3.63, 3.8) is 0 Å². The van der Waals surface area contributed by atoms with Crippen molar-refractivity contribution in [3.05, 3.63) is 98.7 Å². The van der Waals surface area contributed by atoms with E-state index in [-0.39, 0.29) is 24.1 Å². The Hall–Kier alpha value is -3.38.